The zero-order chi connectivity index (χ0) is 14.7. The molecule has 3 rings (SSSR count). The minimum absolute atomic E-state index is 0.147. The summed E-state index contributed by atoms with van der Waals surface area (Å²) in [4.78, 5) is 12.7. The number of carbonyl (C=O) groups excluding carboxylic acids is 1. The van der Waals surface area contributed by atoms with Gasteiger partial charge in [-0.2, -0.15) is 0 Å². The molecule has 0 radical (unpaired) electrons. The summed E-state index contributed by atoms with van der Waals surface area (Å²) in [7, 11) is 1.65. The molecule has 0 saturated heterocycles. The molecule has 0 unspecified atom stereocenters. The number of carbonyl (C=O) groups is 1. The third-order valence-electron chi connectivity index (χ3n) is 3.91. The van der Waals surface area contributed by atoms with Gasteiger partial charge in [0.1, 0.15) is 5.75 Å². The van der Waals surface area contributed by atoms with E-state index in [4.69, 9.17) is 4.74 Å². The topological polar surface area (TPSA) is 26.3 Å². The van der Waals surface area contributed by atoms with Crippen molar-refractivity contribution in [3.63, 3.8) is 0 Å². The van der Waals surface area contributed by atoms with Gasteiger partial charge in [-0.1, -0.05) is 42.5 Å². The maximum atomic E-state index is 12.7. The molecule has 2 aromatic carbocycles. The largest absolute Gasteiger partial charge is 0.496 e. The number of rotatable bonds is 2. The number of hydrogen-bond acceptors (Lipinski definition) is 2. The van der Waals surface area contributed by atoms with Crippen molar-refractivity contribution >= 4 is 11.9 Å². The Morgan fingerprint density at radius 1 is 1.00 bits per heavy atom. The van der Waals surface area contributed by atoms with Crippen molar-refractivity contribution in [1.82, 2.24) is 0 Å². The summed E-state index contributed by atoms with van der Waals surface area (Å²) in [6.45, 7) is 0. The fourth-order valence-electron chi connectivity index (χ4n) is 2.83. The predicted molar refractivity (Wildman–Crippen MR) is 84.7 cm³/mol. The molecule has 2 heteroatoms. The Morgan fingerprint density at radius 2 is 1.76 bits per heavy atom. The molecule has 0 bridgehead atoms. The third kappa shape index (κ3) is 2.75. The second-order valence-corrected chi connectivity index (χ2v) is 5.25. The first-order chi connectivity index (χ1) is 10.3. The Kier molecular flexibility index (Phi) is 3.87. The van der Waals surface area contributed by atoms with Crippen LogP contribution >= 0.6 is 0 Å². The van der Waals surface area contributed by atoms with E-state index < -0.39 is 0 Å². The number of fused-ring (bicyclic) bond motifs is 1. The van der Waals surface area contributed by atoms with Crippen LogP contribution in [0.25, 0.3) is 6.08 Å². The number of para-hydroxylation sites is 1. The van der Waals surface area contributed by atoms with Crippen LogP contribution in [0, 0.1) is 0 Å². The zero-order valence-electron chi connectivity index (χ0n) is 12.1. The van der Waals surface area contributed by atoms with Gasteiger partial charge in [0.15, 0.2) is 5.78 Å². The minimum atomic E-state index is 0.147. The van der Waals surface area contributed by atoms with Crippen LogP contribution in [-0.4, -0.2) is 12.9 Å². The smallest absolute Gasteiger partial charge is 0.189 e. The lowest BCUT2D eigenvalue weighted by molar-refractivity contribution is 0.103. The summed E-state index contributed by atoms with van der Waals surface area (Å²) in [6.07, 6.45) is 4.75. The van der Waals surface area contributed by atoms with Gasteiger partial charge in [0, 0.05) is 16.7 Å². The zero-order valence-corrected chi connectivity index (χ0v) is 12.1. The van der Waals surface area contributed by atoms with E-state index in [0.29, 0.717) is 0 Å². The lowest BCUT2D eigenvalue weighted by Gasteiger charge is -2.07. The average Bonchev–Trinajstić information content (AvgIpc) is 2.68. The van der Waals surface area contributed by atoms with Gasteiger partial charge >= 0.3 is 0 Å². The summed E-state index contributed by atoms with van der Waals surface area (Å²) < 4.78 is 5.37. The summed E-state index contributed by atoms with van der Waals surface area (Å²) in [5.41, 5.74) is 3.83. The van der Waals surface area contributed by atoms with Crippen LogP contribution in [0.5, 0.6) is 5.75 Å². The first kappa shape index (κ1) is 13.6. The second-order valence-electron chi connectivity index (χ2n) is 5.25. The van der Waals surface area contributed by atoms with Crippen molar-refractivity contribution in [1.29, 1.82) is 0 Å². The molecule has 0 fully saturated rings. The van der Waals surface area contributed by atoms with E-state index >= 15 is 0 Å². The molecule has 0 saturated carbocycles. The molecular weight excluding hydrogens is 260 g/mol. The molecule has 0 N–H and O–H groups in total. The molecule has 1 aliphatic rings. The van der Waals surface area contributed by atoms with E-state index in [2.05, 4.69) is 6.07 Å². The SMILES string of the molecule is COc1ccccc1C=C1CCCc2ccccc2C1=O. The maximum Gasteiger partial charge on any atom is 0.189 e. The van der Waals surface area contributed by atoms with Crippen molar-refractivity contribution in [3.05, 3.63) is 70.8 Å². The number of methoxy groups -OCH3 is 1. The van der Waals surface area contributed by atoms with Gasteiger partial charge in [-0.15, -0.1) is 0 Å². The van der Waals surface area contributed by atoms with E-state index in [9.17, 15) is 4.79 Å². The van der Waals surface area contributed by atoms with Gasteiger partial charge in [-0.05, 0) is 37.0 Å². The highest BCUT2D eigenvalue weighted by Crippen LogP contribution is 2.28. The van der Waals surface area contributed by atoms with Gasteiger partial charge in [0.2, 0.25) is 0 Å². The molecule has 0 atom stereocenters. The molecule has 2 aromatic rings. The quantitative estimate of drug-likeness (QED) is 0.605. The first-order valence-electron chi connectivity index (χ1n) is 7.26. The Morgan fingerprint density at radius 3 is 2.62 bits per heavy atom. The fraction of sp³-hybridized carbons (Fsp3) is 0.211. The summed E-state index contributed by atoms with van der Waals surface area (Å²) in [5, 5.41) is 0. The molecule has 2 nitrogen and oxygen atoms in total. The van der Waals surface area contributed by atoms with Crippen molar-refractivity contribution in [2.75, 3.05) is 7.11 Å². The lowest BCUT2D eigenvalue weighted by Crippen LogP contribution is -2.03. The van der Waals surface area contributed by atoms with Crippen LogP contribution in [0.15, 0.2) is 54.1 Å². The molecule has 0 aromatic heterocycles. The Hall–Kier alpha value is -2.35. The number of hydrogen-bond donors (Lipinski definition) is 0. The monoisotopic (exact) mass is 278 g/mol. The van der Waals surface area contributed by atoms with Gasteiger partial charge in [0.05, 0.1) is 7.11 Å². The highest BCUT2D eigenvalue weighted by Gasteiger charge is 2.19. The molecule has 0 spiro atoms. The van der Waals surface area contributed by atoms with Crippen LogP contribution in [0.3, 0.4) is 0 Å². The van der Waals surface area contributed by atoms with Crippen molar-refractivity contribution in [3.8, 4) is 5.75 Å². The minimum Gasteiger partial charge on any atom is -0.496 e. The van der Waals surface area contributed by atoms with Gasteiger partial charge in [-0.25, -0.2) is 0 Å². The predicted octanol–water partition coefficient (Wildman–Crippen LogP) is 4.30. The number of allylic oxidation sites excluding steroid dienone is 1. The van der Waals surface area contributed by atoms with Crippen LogP contribution in [0.1, 0.15) is 34.3 Å². The molecule has 0 heterocycles. The second kappa shape index (κ2) is 5.96. The average molecular weight is 278 g/mol. The summed E-state index contributed by atoms with van der Waals surface area (Å²) >= 11 is 0. The lowest BCUT2D eigenvalue weighted by atomic mass is 9.98. The third-order valence-corrected chi connectivity index (χ3v) is 3.91. The molecule has 21 heavy (non-hydrogen) atoms. The first-order valence-corrected chi connectivity index (χ1v) is 7.26. The van der Waals surface area contributed by atoms with Gasteiger partial charge in [-0.3, -0.25) is 4.79 Å². The normalized spacial score (nSPS) is 16.4. The van der Waals surface area contributed by atoms with Crippen LogP contribution in [0.2, 0.25) is 0 Å². The van der Waals surface area contributed by atoms with E-state index in [1.165, 1.54) is 0 Å². The standard InChI is InChI=1S/C19H18O2/c1-21-18-12-5-3-8-15(18)13-16-10-6-9-14-7-2-4-11-17(14)19(16)20/h2-5,7-8,11-13H,6,9-10H2,1H3. The van der Waals surface area contributed by atoms with Crippen molar-refractivity contribution in [2.24, 2.45) is 0 Å². The molecular formula is C19H18O2. The number of ketones is 1. The maximum absolute atomic E-state index is 12.7. The molecule has 0 aliphatic heterocycles. The molecule has 1 aliphatic carbocycles. The van der Waals surface area contributed by atoms with Crippen LogP contribution < -0.4 is 4.74 Å². The van der Waals surface area contributed by atoms with E-state index in [0.717, 1.165) is 47.3 Å². The Bertz CT molecular complexity index is 698. The van der Waals surface area contributed by atoms with E-state index in [-0.39, 0.29) is 5.78 Å². The van der Waals surface area contributed by atoms with Crippen LogP contribution in [0.4, 0.5) is 0 Å². The van der Waals surface area contributed by atoms with Crippen LogP contribution in [-0.2, 0) is 6.42 Å². The Labute approximate surface area is 125 Å². The summed E-state index contributed by atoms with van der Waals surface area (Å²) in [5.74, 6) is 0.948. The van der Waals surface area contributed by atoms with E-state index in [1.807, 2.05) is 48.5 Å². The van der Waals surface area contributed by atoms with E-state index in [1.54, 1.807) is 7.11 Å². The highest BCUT2D eigenvalue weighted by molar-refractivity contribution is 6.12. The van der Waals surface area contributed by atoms with Gasteiger partial charge < -0.3 is 4.74 Å². The molecule has 0 amide bonds. The number of Topliss-reactive ketones (excluding diaryl/α,β-unsaturated/α-hetero) is 1. The molecule has 106 valence electrons. The summed E-state index contributed by atoms with van der Waals surface area (Å²) in [6, 6.07) is 15.7. The van der Waals surface area contributed by atoms with Gasteiger partial charge in [0.25, 0.3) is 0 Å². The Balaban J connectivity index is 2.03. The number of ether oxygens (including phenoxy) is 1. The number of aryl methyl sites for hydroxylation is 1. The van der Waals surface area contributed by atoms with Crippen molar-refractivity contribution < 1.29 is 9.53 Å². The highest BCUT2D eigenvalue weighted by atomic mass is 16.5. The van der Waals surface area contributed by atoms with Crippen molar-refractivity contribution in [2.45, 2.75) is 19.3 Å². The fourth-order valence-corrected chi connectivity index (χ4v) is 2.83. The number of benzene rings is 2.